The number of anilines is 1. The highest BCUT2D eigenvalue weighted by molar-refractivity contribution is 9.10. The molecule has 0 atom stereocenters. The Morgan fingerprint density at radius 2 is 1.95 bits per heavy atom. The summed E-state index contributed by atoms with van der Waals surface area (Å²) in [6, 6.07) is 11.3. The first-order valence-electron chi connectivity index (χ1n) is 5.61. The quantitative estimate of drug-likeness (QED) is 0.790. The van der Waals surface area contributed by atoms with Crippen LogP contribution < -0.4 is 10.1 Å². The van der Waals surface area contributed by atoms with Gasteiger partial charge >= 0.3 is 0 Å². The van der Waals surface area contributed by atoms with Gasteiger partial charge in [-0.25, -0.2) is 0 Å². The highest BCUT2D eigenvalue weighted by Crippen LogP contribution is 2.28. The standard InChI is InChI=1S/C14H12BrCl2NO/c1-19-14-5-2-9(6-12(14)17)8-18-13-4-3-10(16)7-11(13)15/h2-7,18H,8H2,1H3. The number of hydrogen-bond acceptors (Lipinski definition) is 2. The molecule has 0 aliphatic rings. The largest absolute Gasteiger partial charge is 0.495 e. The van der Waals surface area contributed by atoms with E-state index in [2.05, 4.69) is 21.2 Å². The molecule has 0 radical (unpaired) electrons. The smallest absolute Gasteiger partial charge is 0.137 e. The van der Waals surface area contributed by atoms with E-state index < -0.39 is 0 Å². The first-order valence-corrected chi connectivity index (χ1v) is 7.16. The molecule has 100 valence electrons. The molecular formula is C14H12BrCl2NO. The maximum absolute atomic E-state index is 6.08. The van der Waals surface area contributed by atoms with Gasteiger partial charge in [0.15, 0.2) is 0 Å². The van der Waals surface area contributed by atoms with Gasteiger partial charge in [0.25, 0.3) is 0 Å². The van der Waals surface area contributed by atoms with Gasteiger partial charge in [-0.2, -0.15) is 0 Å². The number of ether oxygens (including phenoxy) is 1. The Bertz CT molecular complexity index is 590. The molecule has 19 heavy (non-hydrogen) atoms. The van der Waals surface area contributed by atoms with Crippen molar-refractivity contribution in [1.29, 1.82) is 0 Å². The molecule has 0 saturated heterocycles. The van der Waals surface area contributed by atoms with E-state index in [-0.39, 0.29) is 0 Å². The van der Waals surface area contributed by atoms with Gasteiger partial charge < -0.3 is 10.1 Å². The highest BCUT2D eigenvalue weighted by Gasteiger charge is 2.03. The molecule has 2 rings (SSSR count). The maximum Gasteiger partial charge on any atom is 0.137 e. The lowest BCUT2D eigenvalue weighted by Gasteiger charge is -2.10. The van der Waals surface area contributed by atoms with Crippen molar-refractivity contribution in [3.05, 3.63) is 56.5 Å². The van der Waals surface area contributed by atoms with Crippen molar-refractivity contribution in [2.45, 2.75) is 6.54 Å². The second-order valence-corrected chi connectivity index (χ2v) is 5.64. The van der Waals surface area contributed by atoms with Crippen LogP contribution in [0.25, 0.3) is 0 Å². The average Bonchev–Trinajstić information content (AvgIpc) is 2.38. The number of halogens is 3. The maximum atomic E-state index is 6.08. The molecule has 0 aliphatic heterocycles. The van der Waals surface area contributed by atoms with Crippen LogP contribution in [-0.2, 0) is 6.54 Å². The van der Waals surface area contributed by atoms with E-state index in [1.54, 1.807) is 7.11 Å². The molecule has 2 aromatic rings. The van der Waals surface area contributed by atoms with Gasteiger partial charge in [0.2, 0.25) is 0 Å². The lowest BCUT2D eigenvalue weighted by atomic mass is 10.2. The van der Waals surface area contributed by atoms with Crippen LogP contribution >= 0.6 is 39.1 Å². The van der Waals surface area contributed by atoms with E-state index in [1.807, 2.05) is 36.4 Å². The molecule has 0 bridgehead atoms. The lowest BCUT2D eigenvalue weighted by molar-refractivity contribution is 0.415. The topological polar surface area (TPSA) is 21.3 Å². The van der Waals surface area contributed by atoms with Crippen LogP contribution in [0.4, 0.5) is 5.69 Å². The monoisotopic (exact) mass is 359 g/mol. The summed E-state index contributed by atoms with van der Waals surface area (Å²) in [5.41, 5.74) is 2.06. The van der Waals surface area contributed by atoms with Crippen LogP contribution in [-0.4, -0.2) is 7.11 Å². The third-order valence-corrected chi connectivity index (χ3v) is 3.82. The molecular weight excluding hydrogens is 349 g/mol. The minimum atomic E-state index is 0.608. The molecule has 1 N–H and O–H groups in total. The molecule has 0 unspecified atom stereocenters. The fourth-order valence-electron chi connectivity index (χ4n) is 1.65. The molecule has 0 fully saturated rings. The minimum absolute atomic E-state index is 0.608. The zero-order valence-corrected chi connectivity index (χ0v) is 13.3. The van der Waals surface area contributed by atoms with Gasteiger partial charge in [-0.05, 0) is 51.8 Å². The second-order valence-electron chi connectivity index (χ2n) is 3.95. The minimum Gasteiger partial charge on any atom is -0.495 e. The van der Waals surface area contributed by atoms with Gasteiger partial charge in [0, 0.05) is 21.7 Å². The van der Waals surface area contributed by atoms with Crippen LogP contribution in [0.3, 0.4) is 0 Å². The summed E-state index contributed by atoms with van der Waals surface area (Å²) in [6.07, 6.45) is 0. The second kappa shape index (κ2) is 6.51. The van der Waals surface area contributed by atoms with Crippen LogP contribution in [0.1, 0.15) is 5.56 Å². The van der Waals surface area contributed by atoms with Crippen LogP contribution in [0, 0.1) is 0 Å². The molecule has 0 amide bonds. The number of benzene rings is 2. The Labute approximate surface area is 130 Å². The van der Waals surface area contributed by atoms with Crippen molar-refractivity contribution in [3.8, 4) is 5.75 Å². The lowest BCUT2D eigenvalue weighted by Crippen LogP contribution is -2.00. The van der Waals surface area contributed by atoms with Crippen LogP contribution in [0.5, 0.6) is 5.75 Å². The van der Waals surface area contributed by atoms with E-state index in [0.717, 1.165) is 15.7 Å². The van der Waals surface area contributed by atoms with Gasteiger partial charge in [0.05, 0.1) is 12.1 Å². The molecule has 0 spiro atoms. The molecule has 0 aromatic heterocycles. The summed E-state index contributed by atoms with van der Waals surface area (Å²) in [6.45, 7) is 0.671. The van der Waals surface area contributed by atoms with Crippen molar-refractivity contribution < 1.29 is 4.74 Å². The Kier molecular flexibility index (Phi) is 4.97. The molecule has 0 aliphatic carbocycles. The fourth-order valence-corrected chi connectivity index (χ4v) is 2.75. The summed E-state index contributed by atoms with van der Waals surface area (Å²) in [5.74, 6) is 0.679. The average molecular weight is 361 g/mol. The zero-order chi connectivity index (χ0) is 13.8. The van der Waals surface area contributed by atoms with Gasteiger partial charge in [-0.15, -0.1) is 0 Å². The fraction of sp³-hybridized carbons (Fsp3) is 0.143. The summed E-state index contributed by atoms with van der Waals surface area (Å²) in [5, 5.41) is 4.62. The summed E-state index contributed by atoms with van der Waals surface area (Å²) >= 11 is 15.4. The molecule has 2 aromatic carbocycles. The third kappa shape index (κ3) is 3.78. The van der Waals surface area contributed by atoms with E-state index in [4.69, 9.17) is 27.9 Å². The van der Waals surface area contributed by atoms with Crippen molar-refractivity contribution >= 4 is 44.8 Å². The van der Waals surface area contributed by atoms with Crippen molar-refractivity contribution in [2.24, 2.45) is 0 Å². The summed E-state index contributed by atoms with van der Waals surface area (Å²) in [7, 11) is 1.60. The van der Waals surface area contributed by atoms with Crippen molar-refractivity contribution in [2.75, 3.05) is 12.4 Å². The zero-order valence-electron chi connectivity index (χ0n) is 10.2. The van der Waals surface area contributed by atoms with E-state index >= 15 is 0 Å². The predicted octanol–water partition coefficient (Wildman–Crippen LogP) is 5.38. The summed E-state index contributed by atoms with van der Waals surface area (Å²) < 4.78 is 6.05. The number of nitrogens with one attached hydrogen (secondary N) is 1. The van der Waals surface area contributed by atoms with Gasteiger partial charge in [0.1, 0.15) is 5.75 Å². The first-order chi connectivity index (χ1) is 9.10. The molecule has 5 heteroatoms. The number of methoxy groups -OCH3 is 1. The Morgan fingerprint density at radius 3 is 2.58 bits per heavy atom. The first kappa shape index (κ1) is 14.5. The molecule has 0 heterocycles. The van der Waals surface area contributed by atoms with E-state index in [0.29, 0.717) is 22.3 Å². The summed E-state index contributed by atoms with van der Waals surface area (Å²) in [4.78, 5) is 0. The Balaban J connectivity index is 2.08. The van der Waals surface area contributed by atoms with Gasteiger partial charge in [-0.1, -0.05) is 29.3 Å². The third-order valence-electron chi connectivity index (χ3n) is 2.63. The Morgan fingerprint density at radius 1 is 1.16 bits per heavy atom. The molecule has 0 saturated carbocycles. The van der Waals surface area contributed by atoms with Crippen LogP contribution in [0.2, 0.25) is 10.0 Å². The SMILES string of the molecule is COc1ccc(CNc2ccc(Cl)cc2Br)cc1Cl. The van der Waals surface area contributed by atoms with Crippen molar-refractivity contribution in [3.63, 3.8) is 0 Å². The highest BCUT2D eigenvalue weighted by atomic mass is 79.9. The normalized spacial score (nSPS) is 10.3. The molecule has 2 nitrogen and oxygen atoms in total. The van der Waals surface area contributed by atoms with Gasteiger partial charge in [-0.3, -0.25) is 0 Å². The van der Waals surface area contributed by atoms with Crippen molar-refractivity contribution in [1.82, 2.24) is 0 Å². The van der Waals surface area contributed by atoms with E-state index in [1.165, 1.54) is 0 Å². The predicted molar refractivity (Wildman–Crippen MR) is 84.5 cm³/mol. The number of hydrogen-bond donors (Lipinski definition) is 1. The van der Waals surface area contributed by atoms with Crippen LogP contribution in [0.15, 0.2) is 40.9 Å². The van der Waals surface area contributed by atoms with E-state index in [9.17, 15) is 0 Å². The number of rotatable bonds is 4. The Hall–Kier alpha value is -0.900.